The maximum atomic E-state index is 13.8. The van der Waals surface area contributed by atoms with Gasteiger partial charge in [0.2, 0.25) is 10.0 Å². The molecular formula is C18H20ClFN2O3S. The Morgan fingerprint density at radius 1 is 1.27 bits per heavy atom. The molecular weight excluding hydrogens is 379 g/mol. The summed E-state index contributed by atoms with van der Waals surface area (Å²) in [5, 5.41) is 3.30. The van der Waals surface area contributed by atoms with Crippen molar-refractivity contribution in [3.63, 3.8) is 0 Å². The summed E-state index contributed by atoms with van der Waals surface area (Å²) in [4.78, 5) is 0.0105. The van der Waals surface area contributed by atoms with Gasteiger partial charge in [-0.15, -0.1) is 0 Å². The van der Waals surface area contributed by atoms with Gasteiger partial charge < -0.3 is 10.1 Å². The molecule has 0 aliphatic heterocycles. The Hall–Kier alpha value is -1.83. The van der Waals surface area contributed by atoms with E-state index in [4.69, 9.17) is 16.3 Å². The van der Waals surface area contributed by atoms with Crippen LogP contribution in [0, 0.1) is 11.7 Å². The van der Waals surface area contributed by atoms with Crippen molar-refractivity contribution in [2.24, 2.45) is 5.92 Å². The number of nitrogens with one attached hydrogen (secondary N) is 2. The average molecular weight is 399 g/mol. The molecule has 3 rings (SSSR count). The van der Waals surface area contributed by atoms with Crippen LogP contribution < -0.4 is 14.8 Å². The van der Waals surface area contributed by atoms with E-state index < -0.39 is 15.8 Å². The summed E-state index contributed by atoms with van der Waals surface area (Å²) in [7, 11) is -2.50. The van der Waals surface area contributed by atoms with Crippen molar-refractivity contribution in [2.75, 3.05) is 19.0 Å². The van der Waals surface area contributed by atoms with E-state index in [1.807, 2.05) is 0 Å². The van der Waals surface area contributed by atoms with Crippen molar-refractivity contribution < 1.29 is 17.5 Å². The minimum absolute atomic E-state index is 0.0105. The topological polar surface area (TPSA) is 67.4 Å². The maximum Gasteiger partial charge on any atom is 0.244 e. The van der Waals surface area contributed by atoms with Crippen LogP contribution in [0.1, 0.15) is 18.4 Å². The number of hydrogen-bond acceptors (Lipinski definition) is 4. The van der Waals surface area contributed by atoms with Gasteiger partial charge in [0.15, 0.2) is 11.6 Å². The van der Waals surface area contributed by atoms with Crippen LogP contribution >= 0.6 is 11.6 Å². The Kier molecular flexibility index (Phi) is 5.70. The number of benzene rings is 2. The van der Waals surface area contributed by atoms with Crippen molar-refractivity contribution in [1.82, 2.24) is 4.72 Å². The van der Waals surface area contributed by atoms with Crippen molar-refractivity contribution >= 4 is 27.3 Å². The molecule has 0 bridgehead atoms. The zero-order chi connectivity index (χ0) is 18.7. The highest BCUT2D eigenvalue weighted by molar-refractivity contribution is 7.89. The molecule has 26 heavy (non-hydrogen) atoms. The molecule has 2 N–H and O–H groups in total. The average Bonchev–Trinajstić information content (AvgIpc) is 3.42. The maximum absolute atomic E-state index is 13.8. The number of ether oxygens (including phenoxy) is 1. The van der Waals surface area contributed by atoms with Gasteiger partial charge >= 0.3 is 0 Å². The van der Waals surface area contributed by atoms with Crippen LogP contribution in [0.4, 0.5) is 10.1 Å². The largest absolute Gasteiger partial charge is 0.494 e. The molecule has 0 atom stereocenters. The van der Waals surface area contributed by atoms with Crippen molar-refractivity contribution in [1.29, 1.82) is 0 Å². The summed E-state index contributed by atoms with van der Waals surface area (Å²) in [5.41, 5.74) is 0.948. The molecule has 8 heteroatoms. The molecule has 140 valence electrons. The third-order valence-corrected chi connectivity index (χ3v) is 6.13. The van der Waals surface area contributed by atoms with Gasteiger partial charge in [-0.25, -0.2) is 17.5 Å². The number of rotatable bonds is 8. The fourth-order valence-corrected chi connectivity index (χ4v) is 4.30. The Bertz CT molecular complexity index is 901. The first-order valence-electron chi connectivity index (χ1n) is 8.25. The minimum atomic E-state index is -3.87. The van der Waals surface area contributed by atoms with E-state index in [1.165, 1.54) is 25.3 Å². The first-order valence-corrected chi connectivity index (χ1v) is 10.1. The second kappa shape index (κ2) is 7.82. The van der Waals surface area contributed by atoms with Crippen molar-refractivity contribution in [3.8, 4) is 5.75 Å². The molecule has 0 aromatic heterocycles. The van der Waals surface area contributed by atoms with Crippen molar-refractivity contribution in [2.45, 2.75) is 24.3 Å². The Morgan fingerprint density at radius 3 is 2.69 bits per heavy atom. The molecule has 5 nitrogen and oxygen atoms in total. The molecule has 0 spiro atoms. The van der Waals surface area contributed by atoms with Crippen LogP contribution in [0.5, 0.6) is 5.75 Å². The number of sulfonamides is 1. The predicted molar refractivity (Wildman–Crippen MR) is 99.6 cm³/mol. The van der Waals surface area contributed by atoms with Crippen LogP contribution in [0.15, 0.2) is 41.3 Å². The summed E-state index contributed by atoms with van der Waals surface area (Å²) in [6, 6.07) is 9.22. The monoisotopic (exact) mass is 398 g/mol. The van der Waals surface area contributed by atoms with Gasteiger partial charge in [0.1, 0.15) is 4.90 Å². The molecule has 2 aromatic rings. The van der Waals surface area contributed by atoms with Crippen LogP contribution in [-0.4, -0.2) is 22.1 Å². The second-order valence-electron chi connectivity index (χ2n) is 6.23. The van der Waals surface area contributed by atoms with Crippen LogP contribution in [0.3, 0.4) is 0 Å². The van der Waals surface area contributed by atoms with E-state index in [0.29, 0.717) is 23.7 Å². The molecule has 1 saturated carbocycles. The number of methoxy groups -OCH3 is 1. The number of hydrogen-bond donors (Lipinski definition) is 2. The highest BCUT2D eigenvalue weighted by Crippen LogP contribution is 2.33. The summed E-state index contributed by atoms with van der Waals surface area (Å²) >= 11 is 6.16. The SMILES string of the molecule is COc1ccc(CNS(=O)(=O)c2c(Cl)cccc2NCC2CC2)cc1F. The quantitative estimate of drug-likeness (QED) is 0.710. The molecule has 0 saturated heterocycles. The highest BCUT2D eigenvalue weighted by atomic mass is 35.5. The van der Waals surface area contributed by atoms with Gasteiger partial charge in [-0.1, -0.05) is 23.7 Å². The standard InChI is InChI=1S/C18H20ClFN2O3S/c1-25-17-8-7-13(9-15(17)20)11-22-26(23,24)18-14(19)3-2-4-16(18)21-10-12-5-6-12/h2-4,7-9,12,21-22H,5-6,10-11H2,1H3. The third-order valence-electron chi connectivity index (χ3n) is 4.20. The Labute approximate surface area is 157 Å². The fourth-order valence-electron chi connectivity index (χ4n) is 2.57. The van der Waals surface area contributed by atoms with Gasteiger partial charge in [-0.3, -0.25) is 0 Å². The van der Waals surface area contributed by atoms with E-state index in [2.05, 4.69) is 10.0 Å². The zero-order valence-corrected chi connectivity index (χ0v) is 15.8. The summed E-state index contributed by atoms with van der Waals surface area (Å²) in [6.45, 7) is 0.656. The van der Waals surface area contributed by atoms with Crippen LogP contribution in [-0.2, 0) is 16.6 Å². The van der Waals surface area contributed by atoms with E-state index in [0.717, 1.165) is 12.8 Å². The summed E-state index contributed by atoms with van der Waals surface area (Å²) < 4.78 is 46.6. The molecule has 0 heterocycles. The zero-order valence-electron chi connectivity index (χ0n) is 14.3. The van der Waals surface area contributed by atoms with E-state index in [9.17, 15) is 12.8 Å². The summed E-state index contributed by atoms with van der Waals surface area (Å²) in [6.07, 6.45) is 2.30. The first-order chi connectivity index (χ1) is 12.4. The Balaban J connectivity index is 1.78. The molecule has 2 aromatic carbocycles. The number of halogens is 2. The lowest BCUT2D eigenvalue weighted by Crippen LogP contribution is -2.25. The Morgan fingerprint density at radius 2 is 2.04 bits per heavy atom. The fraction of sp³-hybridized carbons (Fsp3) is 0.333. The lowest BCUT2D eigenvalue weighted by Gasteiger charge is -2.15. The first kappa shape index (κ1) is 18.9. The van der Waals surface area contributed by atoms with E-state index >= 15 is 0 Å². The molecule has 1 aliphatic rings. The smallest absolute Gasteiger partial charge is 0.244 e. The van der Waals surface area contributed by atoms with Crippen LogP contribution in [0.25, 0.3) is 0 Å². The highest BCUT2D eigenvalue weighted by Gasteiger charge is 2.25. The molecule has 1 aliphatic carbocycles. The van der Waals surface area contributed by atoms with Gasteiger partial charge in [0, 0.05) is 13.1 Å². The predicted octanol–water partition coefficient (Wildman–Crippen LogP) is 3.79. The number of anilines is 1. The second-order valence-corrected chi connectivity index (χ2v) is 8.35. The van der Waals surface area contributed by atoms with Crippen LogP contribution in [0.2, 0.25) is 5.02 Å². The normalized spacial score (nSPS) is 14.3. The van der Waals surface area contributed by atoms with Gasteiger partial charge in [-0.2, -0.15) is 0 Å². The molecule has 0 amide bonds. The lowest BCUT2D eigenvalue weighted by molar-refractivity contribution is 0.386. The van der Waals surface area contributed by atoms with E-state index in [1.54, 1.807) is 18.2 Å². The van der Waals surface area contributed by atoms with Gasteiger partial charge in [-0.05, 0) is 48.6 Å². The van der Waals surface area contributed by atoms with E-state index in [-0.39, 0.29) is 22.2 Å². The third kappa shape index (κ3) is 4.47. The van der Waals surface area contributed by atoms with Gasteiger partial charge in [0.25, 0.3) is 0 Å². The molecule has 0 radical (unpaired) electrons. The van der Waals surface area contributed by atoms with Gasteiger partial charge in [0.05, 0.1) is 17.8 Å². The van der Waals surface area contributed by atoms with Crippen molar-refractivity contribution in [3.05, 3.63) is 52.8 Å². The lowest BCUT2D eigenvalue weighted by atomic mass is 10.2. The molecule has 0 unspecified atom stereocenters. The summed E-state index contributed by atoms with van der Waals surface area (Å²) in [5.74, 6) is 0.141. The molecule has 1 fully saturated rings. The minimum Gasteiger partial charge on any atom is -0.494 e.